The fourth-order valence-corrected chi connectivity index (χ4v) is 6.18. The first-order valence-corrected chi connectivity index (χ1v) is 13.0. The molecule has 6 nitrogen and oxygen atoms in total. The van der Waals surface area contributed by atoms with Gasteiger partial charge in [0.15, 0.2) is 5.17 Å². The fraction of sp³-hybridized carbons (Fsp3) is 0.185. The second-order valence-electron chi connectivity index (χ2n) is 8.69. The molecule has 3 heterocycles. The lowest BCUT2D eigenvalue weighted by atomic mass is 10.1. The molecular weight excluding hydrogens is 474 g/mol. The third-order valence-electron chi connectivity index (χ3n) is 5.94. The Morgan fingerprint density at radius 2 is 1.74 bits per heavy atom. The molecular formula is C27H25N5OS2. The maximum absolute atomic E-state index is 12.9. The summed E-state index contributed by atoms with van der Waals surface area (Å²) in [4.78, 5) is 18.8. The zero-order chi connectivity index (χ0) is 24.7. The summed E-state index contributed by atoms with van der Waals surface area (Å²) in [5.74, 6) is 0.427. The van der Waals surface area contributed by atoms with E-state index in [1.807, 2.05) is 25.1 Å². The highest BCUT2D eigenvalue weighted by Gasteiger charge is 2.37. The minimum atomic E-state index is -0.408. The molecule has 0 fully saturated rings. The molecule has 0 spiro atoms. The van der Waals surface area contributed by atoms with Gasteiger partial charge in [-0.15, -0.1) is 0 Å². The van der Waals surface area contributed by atoms with Gasteiger partial charge in [-0.1, -0.05) is 48.2 Å². The average Bonchev–Trinajstić information content (AvgIpc) is 3.34. The number of hydrogen-bond donors (Lipinski definition) is 1. The molecule has 1 aromatic heterocycles. The van der Waals surface area contributed by atoms with Gasteiger partial charge in [-0.2, -0.15) is 9.39 Å². The zero-order valence-corrected chi connectivity index (χ0v) is 21.6. The first kappa shape index (κ1) is 23.4. The van der Waals surface area contributed by atoms with Crippen LogP contribution in [0.15, 0.2) is 69.6 Å². The standard InChI is InChI=1S/C27H25N5OS2/c1-16-10-17(2)12-22(11-16)31-18(3)13-21(19(31)4)14-23-24(28)32-26(29-25(23)33)35-30-27(32)34-15-20-8-6-5-7-9-20/h5-14,28H,15H2,1-4H3/b23-14-,28-24?. The van der Waals surface area contributed by atoms with Gasteiger partial charge in [-0.25, -0.2) is 4.90 Å². The molecule has 2 aromatic carbocycles. The molecule has 0 radical (unpaired) electrons. The largest absolute Gasteiger partial charge is 0.318 e. The fourth-order valence-electron chi connectivity index (χ4n) is 4.38. The van der Waals surface area contributed by atoms with Crippen molar-refractivity contribution in [3.05, 3.63) is 93.8 Å². The van der Waals surface area contributed by atoms with Crippen molar-refractivity contribution in [2.24, 2.45) is 9.39 Å². The second-order valence-corrected chi connectivity index (χ2v) is 10.4. The number of aliphatic imine (C=N–C) groups is 1. The molecule has 0 unspecified atom stereocenters. The summed E-state index contributed by atoms with van der Waals surface area (Å²) in [6.45, 7) is 8.28. The van der Waals surface area contributed by atoms with Crippen molar-refractivity contribution in [3.8, 4) is 5.69 Å². The highest BCUT2D eigenvalue weighted by Crippen LogP contribution is 2.33. The summed E-state index contributed by atoms with van der Waals surface area (Å²) >= 11 is 2.68. The first-order chi connectivity index (χ1) is 16.8. The van der Waals surface area contributed by atoms with Gasteiger partial charge in [0, 0.05) is 22.8 Å². The Labute approximate surface area is 213 Å². The van der Waals surface area contributed by atoms with Gasteiger partial charge in [0.1, 0.15) is 5.84 Å². The Morgan fingerprint density at radius 1 is 1.03 bits per heavy atom. The summed E-state index contributed by atoms with van der Waals surface area (Å²) in [5.41, 5.74) is 7.91. The molecule has 2 aliphatic heterocycles. The van der Waals surface area contributed by atoms with Crippen molar-refractivity contribution in [1.82, 2.24) is 9.47 Å². The summed E-state index contributed by atoms with van der Waals surface area (Å²) < 4.78 is 6.67. The van der Waals surface area contributed by atoms with E-state index >= 15 is 0 Å². The van der Waals surface area contributed by atoms with Crippen molar-refractivity contribution in [2.75, 3.05) is 0 Å². The lowest BCUT2D eigenvalue weighted by molar-refractivity contribution is -0.114. The quantitative estimate of drug-likeness (QED) is 0.342. The lowest BCUT2D eigenvalue weighted by Gasteiger charge is -2.24. The van der Waals surface area contributed by atoms with Crippen molar-refractivity contribution >= 4 is 51.9 Å². The van der Waals surface area contributed by atoms with Crippen LogP contribution in [0.1, 0.15) is 33.6 Å². The Kier molecular flexibility index (Phi) is 6.25. The normalized spacial score (nSPS) is 16.6. The van der Waals surface area contributed by atoms with Gasteiger partial charge in [-0.3, -0.25) is 10.2 Å². The van der Waals surface area contributed by atoms with Crippen LogP contribution in [0.4, 0.5) is 0 Å². The number of nitrogens with zero attached hydrogens (tertiary/aromatic N) is 4. The van der Waals surface area contributed by atoms with Crippen molar-refractivity contribution < 1.29 is 4.79 Å². The number of nitrogens with one attached hydrogen (secondary N) is 1. The van der Waals surface area contributed by atoms with E-state index in [4.69, 9.17) is 5.41 Å². The van der Waals surface area contributed by atoms with E-state index < -0.39 is 5.91 Å². The van der Waals surface area contributed by atoms with E-state index in [0.29, 0.717) is 10.3 Å². The summed E-state index contributed by atoms with van der Waals surface area (Å²) in [6.07, 6.45) is 1.79. The van der Waals surface area contributed by atoms with Crippen LogP contribution in [0, 0.1) is 33.1 Å². The Balaban J connectivity index is 1.45. The molecule has 0 aliphatic carbocycles. The number of amides is 1. The number of hydrogen-bond acceptors (Lipinski definition) is 5. The van der Waals surface area contributed by atoms with Gasteiger partial charge in [0.25, 0.3) is 5.91 Å². The van der Waals surface area contributed by atoms with Crippen molar-refractivity contribution in [1.29, 1.82) is 5.41 Å². The predicted octanol–water partition coefficient (Wildman–Crippen LogP) is 6.22. The van der Waals surface area contributed by atoms with Crippen LogP contribution in [0.2, 0.25) is 0 Å². The van der Waals surface area contributed by atoms with Crippen LogP contribution < -0.4 is 0 Å². The number of amidine groups is 3. The van der Waals surface area contributed by atoms with Gasteiger partial charge in [0.05, 0.1) is 17.5 Å². The molecule has 0 saturated carbocycles. The lowest BCUT2D eigenvalue weighted by Crippen LogP contribution is -2.41. The zero-order valence-electron chi connectivity index (χ0n) is 20.0. The van der Waals surface area contributed by atoms with E-state index in [2.05, 4.69) is 71.1 Å². The molecule has 0 saturated heterocycles. The molecule has 2 aliphatic rings. The van der Waals surface area contributed by atoms with Crippen LogP contribution in [0.25, 0.3) is 11.8 Å². The predicted molar refractivity (Wildman–Crippen MR) is 147 cm³/mol. The number of benzene rings is 2. The van der Waals surface area contributed by atoms with E-state index in [-0.39, 0.29) is 11.4 Å². The van der Waals surface area contributed by atoms with Gasteiger partial charge in [-0.05, 0) is 74.2 Å². The SMILES string of the molecule is Cc1cc(C)cc(-n2c(C)cc(/C=C3/C(=N)N4C(SCc5ccccc5)=NSC4=NC3=O)c2C)c1. The molecule has 1 N–H and O–H groups in total. The van der Waals surface area contributed by atoms with Gasteiger partial charge >= 0.3 is 0 Å². The van der Waals surface area contributed by atoms with Crippen LogP contribution in [-0.2, 0) is 10.5 Å². The minimum Gasteiger partial charge on any atom is -0.318 e. The highest BCUT2D eigenvalue weighted by molar-refractivity contribution is 8.18. The van der Waals surface area contributed by atoms with Crippen LogP contribution in [-0.4, -0.2) is 31.5 Å². The average molecular weight is 500 g/mol. The molecule has 3 aromatic rings. The number of carbonyl (C=O) groups is 1. The maximum atomic E-state index is 12.9. The van der Waals surface area contributed by atoms with Crippen LogP contribution >= 0.6 is 23.7 Å². The Morgan fingerprint density at radius 3 is 2.46 bits per heavy atom. The highest BCUT2D eigenvalue weighted by atomic mass is 32.2. The van der Waals surface area contributed by atoms with Crippen molar-refractivity contribution in [2.45, 2.75) is 33.4 Å². The third kappa shape index (κ3) is 4.51. The molecule has 0 bridgehead atoms. The van der Waals surface area contributed by atoms with Gasteiger partial charge in [0.2, 0.25) is 5.17 Å². The first-order valence-electron chi connectivity index (χ1n) is 11.2. The number of fused-ring (bicyclic) bond motifs is 1. The Hall–Kier alpha value is -3.36. The van der Waals surface area contributed by atoms with Crippen LogP contribution in [0.5, 0.6) is 0 Å². The monoisotopic (exact) mass is 499 g/mol. The molecule has 8 heteroatoms. The number of aromatic nitrogens is 1. The molecule has 1 amide bonds. The van der Waals surface area contributed by atoms with E-state index in [0.717, 1.165) is 40.3 Å². The Bertz CT molecular complexity index is 1430. The van der Waals surface area contributed by atoms with E-state index in [1.54, 1.807) is 11.0 Å². The van der Waals surface area contributed by atoms with Crippen molar-refractivity contribution in [3.63, 3.8) is 0 Å². The summed E-state index contributed by atoms with van der Waals surface area (Å²) in [5, 5.41) is 9.97. The number of thioether (sulfide) groups is 1. The maximum Gasteiger partial charge on any atom is 0.283 e. The topological polar surface area (TPSA) is 73.8 Å². The third-order valence-corrected chi connectivity index (χ3v) is 7.77. The number of aryl methyl sites for hydroxylation is 3. The number of carbonyl (C=O) groups excluding carboxylic acids is 1. The summed E-state index contributed by atoms with van der Waals surface area (Å²) in [6, 6.07) is 18.6. The van der Waals surface area contributed by atoms with Crippen LogP contribution in [0.3, 0.4) is 0 Å². The smallest absolute Gasteiger partial charge is 0.283 e. The van der Waals surface area contributed by atoms with E-state index in [9.17, 15) is 4.79 Å². The van der Waals surface area contributed by atoms with E-state index in [1.165, 1.54) is 28.5 Å². The summed E-state index contributed by atoms with van der Waals surface area (Å²) in [7, 11) is 0. The number of rotatable bonds is 4. The minimum absolute atomic E-state index is 0.112. The molecule has 176 valence electrons. The van der Waals surface area contributed by atoms with Gasteiger partial charge < -0.3 is 4.57 Å². The molecule has 5 rings (SSSR count). The molecule has 35 heavy (non-hydrogen) atoms. The second kappa shape index (κ2) is 9.36. The molecule has 0 atom stereocenters.